The molecule has 0 aliphatic heterocycles. The maximum Gasteiger partial charge on any atom is 0.336 e. The molecule has 0 aliphatic carbocycles. The number of benzene rings is 2. The first-order chi connectivity index (χ1) is 11.5. The van der Waals surface area contributed by atoms with Gasteiger partial charge in [0.15, 0.2) is 0 Å². The van der Waals surface area contributed by atoms with Crippen molar-refractivity contribution in [2.75, 3.05) is 14.2 Å². The van der Waals surface area contributed by atoms with Crippen molar-refractivity contribution in [2.45, 2.75) is 0 Å². The molecule has 0 saturated carbocycles. The van der Waals surface area contributed by atoms with Crippen LogP contribution in [0.2, 0.25) is 0 Å². The fraction of sp³-hybridized carbons (Fsp3) is 0.111. The zero-order valence-corrected chi connectivity index (χ0v) is 14.6. The summed E-state index contributed by atoms with van der Waals surface area (Å²) in [6.07, 6.45) is 0. The second kappa shape index (κ2) is 6.49. The number of ether oxygens (including phenoxy) is 2. The molecule has 0 bridgehead atoms. The van der Waals surface area contributed by atoms with Crippen LogP contribution in [0.5, 0.6) is 11.5 Å². The normalized spacial score (nSPS) is 10.6. The van der Waals surface area contributed by atoms with E-state index in [1.54, 1.807) is 50.6 Å². The van der Waals surface area contributed by atoms with Gasteiger partial charge >= 0.3 is 5.97 Å². The highest BCUT2D eigenvalue weighted by molar-refractivity contribution is 9.10. The van der Waals surface area contributed by atoms with Crippen LogP contribution in [0.3, 0.4) is 0 Å². The average molecular weight is 388 g/mol. The molecular weight excluding hydrogens is 374 g/mol. The van der Waals surface area contributed by atoms with Crippen LogP contribution in [0.1, 0.15) is 10.4 Å². The maximum absolute atomic E-state index is 11.7. The molecule has 0 aliphatic rings. The number of hydrogen-bond donors (Lipinski definition) is 1. The smallest absolute Gasteiger partial charge is 0.336 e. The van der Waals surface area contributed by atoms with Crippen molar-refractivity contribution in [1.29, 1.82) is 0 Å². The van der Waals surface area contributed by atoms with Gasteiger partial charge in [-0.25, -0.2) is 9.78 Å². The number of aromatic nitrogens is 1. The molecule has 0 fully saturated rings. The Morgan fingerprint density at radius 1 is 1.08 bits per heavy atom. The number of methoxy groups -OCH3 is 2. The van der Waals surface area contributed by atoms with Crippen molar-refractivity contribution in [1.82, 2.24) is 4.98 Å². The minimum absolute atomic E-state index is 0.189. The van der Waals surface area contributed by atoms with E-state index in [9.17, 15) is 9.90 Å². The van der Waals surface area contributed by atoms with Crippen molar-refractivity contribution in [3.8, 4) is 22.8 Å². The van der Waals surface area contributed by atoms with Gasteiger partial charge in [-0.15, -0.1) is 0 Å². The molecule has 122 valence electrons. The lowest BCUT2D eigenvalue weighted by molar-refractivity contribution is 0.0699. The molecule has 0 unspecified atom stereocenters. The van der Waals surface area contributed by atoms with E-state index in [2.05, 4.69) is 20.9 Å². The molecular formula is C18H14BrNO4. The number of nitrogens with zero attached hydrogens (tertiary/aromatic N) is 1. The molecule has 24 heavy (non-hydrogen) atoms. The first kappa shape index (κ1) is 16.3. The van der Waals surface area contributed by atoms with Crippen LogP contribution in [-0.2, 0) is 0 Å². The molecule has 0 amide bonds. The summed E-state index contributed by atoms with van der Waals surface area (Å²) in [4.78, 5) is 16.3. The number of fused-ring (bicyclic) bond motifs is 1. The zero-order chi connectivity index (χ0) is 17.3. The van der Waals surface area contributed by atoms with Crippen molar-refractivity contribution >= 4 is 32.8 Å². The predicted molar refractivity (Wildman–Crippen MR) is 94.9 cm³/mol. The maximum atomic E-state index is 11.7. The second-order valence-corrected chi connectivity index (χ2v) is 6.00. The third-order valence-electron chi connectivity index (χ3n) is 3.69. The summed E-state index contributed by atoms with van der Waals surface area (Å²) in [6.45, 7) is 0. The minimum atomic E-state index is -1.01. The van der Waals surface area contributed by atoms with Crippen molar-refractivity contribution in [2.24, 2.45) is 0 Å². The topological polar surface area (TPSA) is 68.7 Å². The molecule has 1 aromatic heterocycles. The van der Waals surface area contributed by atoms with Crippen LogP contribution >= 0.6 is 15.9 Å². The quantitative estimate of drug-likeness (QED) is 0.719. The number of carbonyl (C=O) groups is 1. The van der Waals surface area contributed by atoms with E-state index in [0.29, 0.717) is 33.7 Å². The molecule has 1 heterocycles. The van der Waals surface area contributed by atoms with E-state index in [-0.39, 0.29) is 5.56 Å². The highest BCUT2D eigenvalue weighted by atomic mass is 79.9. The van der Waals surface area contributed by atoms with E-state index < -0.39 is 5.97 Å². The van der Waals surface area contributed by atoms with Gasteiger partial charge in [0.2, 0.25) is 0 Å². The minimum Gasteiger partial charge on any atom is -0.497 e. The molecule has 0 saturated heterocycles. The van der Waals surface area contributed by atoms with Gasteiger partial charge in [-0.1, -0.05) is 15.9 Å². The summed E-state index contributed by atoms with van der Waals surface area (Å²) >= 11 is 3.36. The van der Waals surface area contributed by atoms with Crippen LogP contribution in [0.15, 0.2) is 46.9 Å². The first-order valence-electron chi connectivity index (χ1n) is 7.09. The Bertz CT molecular complexity index is 940. The van der Waals surface area contributed by atoms with E-state index in [1.807, 2.05) is 6.07 Å². The van der Waals surface area contributed by atoms with Gasteiger partial charge in [-0.3, -0.25) is 0 Å². The lowest BCUT2D eigenvalue weighted by Gasteiger charge is -2.12. The molecule has 0 radical (unpaired) electrons. The first-order valence-corrected chi connectivity index (χ1v) is 7.89. The number of aromatic carboxylic acids is 1. The molecule has 5 nitrogen and oxygen atoms in total. The van der Waals surface area contributed by atoms with Gasteiger partial charge < -0.3 is 14.6 Å². The Hall–Kier alpha value is -2.60. The predicted octanol–water partition coefficient (Wildman–Crippen LogP) is 4.38. The Balaban J connectivity index is 2.27. The van der Waals surface area contributed by atoms with Crippen LogP contribution in [0.25, 0.3) is 22.2 Å². The standard InChI is InChI=1S/C18H14BrNO4/c1-23-11-4-5-12(17(8-11)24-2)16-9-14(18(21)22)13-7-10(19)3-6-15(13)20-16/h3-9H,1-2H3,(H,21,22). The number of halogens is 1. The SMILES string of the molecule is COc1ccc(-c2cc(C(=O)O)c3cc(Br)ccc3n2)c(OC)c1. The Morgan fingerprint density at radius 3 is 2.54 bits per heavy atom. The Labute approximate surface area is 147 Å². The monoisotopic (exact) mass is 387 g/mol. The fourth-order valence-corrected chi connectivity index (χ4v) is 2.88. The summed E-state index contributed by atoms with van der Waals surface area (Å²) in [5.74, 6) is 0.211. The largest absolute Gasteiger partial charge is 0.497 e. The fourth-order valence-electron chi connectivity index (χ4n) is 2.52. The number of hydrogen-bond acceptors (Lipinski definition) is 4. The molecule has 1 N–H and O–H groups in total. The number of carboxylic acids is 1. The van der Waals surface area contributed by atoms with Crippen LogP contribution in [0, 0.1) is 0 Å². The van der Waals surface area contributed by atoms with Gasteiger partial charge in [-0.2, -0.15) is 0 Å². The Morgan fingerprint density at radius 2 is 1.88 bits per heavy atom. The third-order valence-corrected chi connectivity index (χ3v) is 4.18. The molecule has 3 aromatic rings. The van der Waals surface area contributed by atoms with Crippen LogP contribution in [-0.4, -0.2) is 30.3 Å². The van der Waals surface area contributed by atoms with Crippen molar-refractivity contribution < 1.29 is 19.4 Å². The molecule has 3 rings (SSSR count). The Kier molecular flexibility index (Phi) is 4.40. The summed E-state index contributed by atoms with van der Waals surface area (Å²) in [6, 6.07) is 12.2. The van der Waals surface area contributed by atoms with Crippen LogP contribution in [0.4, 0.5) is 0 Å². The molecule has 2 aromatic carbocycles. The summed E-state index contributed by atoms with van der Waals surface area (Å²) in [7, 11) is 3.12. The number of carboxylic acid groups (broad SMARTS) is 1. The highest BCUT2D eigenvalue weighted by Gasteiger charge is 2.16. The highest BCUT2D eigenvalue weighted by Crippen LogP contribution is 2.34. The summed E-state index contributed by atoms with van der Waals surface area (Å²) in [5, 5.41) is 10.1. The van der Waals surface area contributed by atoms with Gasteiger partial charge in [0.25, 0.3) is 0 Å². The number of pyridine rings is 1. The summed E-state index contributed by atoms with van der Waals surface area (Å²) in [5.41, 5.74) is 2.02. The van der Waals surface area contributed by atoms with E-state index in [1.165, 1.54) is 0 Å². The van der Waals surface area contributed by atoms with Gasteiger partial charge in [-0.05, 0) is 36.4 Å². The zero-order valence-electron chi connectivity index (χ0n) is 13.0. The van der Waals surface area contributed by atoms with Gasteiger partial charge in [0.05, 0.1) is 31.0 Å². The average Bonchev–Trinajstić information content (AvgIpc) is 2.60. The van der Waals surface area contributed by atoms with E-state index in [4.69, 9.17) is 9.47 Å². The molecule has 0 atom stereocenters. The van der Waals surface area contributed by atoms with Crippen molar-refractivity contribution in [3.05, 3.63) is 52.5 Å². The lowest BCUT2D eigenvalue weighted by Crippen LogP contribution is -2.01. The number of rotatable bonds is 4. The van der Waals surface area contributed by atoms with E-state index >= 15 is 0 Å². The van der Waals surface area contributed by atoms with Crippen LogP contribution < -0.4 is 9.47 Å². The molecule has 0 spiro atoms. The van der Waals surface area contributed by atoms with Gasteiger partial charge in [0, 0.05) is 21.5 Å². The van der Waals surface area contributed by atoms with E-state index in [0.717, 1.165) is 4.47 Å². The third kappa shape index (κ3) is 2.92. The lowest BCUT2D eigenvalue weighted by atomic mass is 10.0. The van der Waals surface area contributed by atoms with Crippen molar-refractivity contribution in [3.63, 3.8) is 0 Å². The molecule has 6 heteroatoms. The van der Waals surface area contributed by atoms with Gasteiger partial charge in [0.1, 0.15) is 11.5 Å². The second-order valence-electron chi connectivity index (χ2n) is 5.09. The summed E-state index contributed by atoms with van der Waals surface area (Å²) < 4.78 is 11.4.